The summed E-state index contributed by atoms with van der Waals surface area (Å²) in [5.74, 6) is 2.81. The molecule has 0 amide bonds. The third kappa shape index (κ3) is 6.97. The molecule has 296 valence electrons. The number of carbonyl (C=O) groups is 2. The summed E-state index contributed by atoms with van der Waals surface area (Å²) in [5, 5.41) is 0. The number of fused-ring (bicyclic) bond motifs is 7. The molecule has 5 saturated carbocycles. The first kappa shape index (κ1) is 39.5. The topological polar surface area (TPSA) is 59.5 Å². The minimum Gasteiger partial charge on any atom is -0.465 e. The smallest absolute Gasteiger partial charge is 0.306 e. The number of ether oxygens (including phenoxy) is 2. The number of pyridine rings is 1. The third-order valence-electron chi connectivity index (χ3n) is 17.4. The molecule has 2 heterocycles. The Morgan fingerprint density at radius 1 is 0.796 bits per heavy atom. The Kier molecular flexibility index (Phi) is 11.2. The molecule has 0 aromatic carbocycles. The normalized spacial score (nSPS) is 39.3. The summed E-state index contributed by atoms with van der Waals surface area (Å²) < 4.78 is 17.1. The molecule has 6 heteroatoms. The van der Waals surface area contributed by atoms with Gasteiger partial charge in [0, 0.05) is 42.2 Å². The molecule has 5 unspecified atom stereocenters. The number of nitrogens with zero attached hydrogens (tertiary/aromatic N) is 2. The predicted molar refractivity (Wildman–Crippen MR) is 215 cm³/mol. The van der Waals surface area contributed by atoms with Gasteiger partial charge in [-0.15, -0.1) is 0 Å². The Labute approximate surface area is 327 Å². The highest BCUT2D eigenvalue weighted by molar-refractivity contribution is 5.70. The van der Waals surface area contributed by atoms with E-state index >= 15 is 0 Å². The van der Waals surface area contributed by atoms with E-state index < -0.39 is 0 Å². The number of aryl methyl sites for hydroxylation is 1. The van der Waals surface area contributed by atoms with E-state index in [1.807, 2.05) is 18.2 Å². The van der Waals surface area contributed by atoms with Crippen molar-refractivity contribution in [1.82, 2.24) is 0 Å². The molecule has 0 radical (unpaired) electrons. The SMILES string of the molecule is C=C(C)[C@@H]1CC[C@]2(COC(=O)CCC[n+]3ccccc3)CC[C@]3(C)C(CCC4[C@@]5(C)CCC(OC(=O)CCC[N+]6=CC=CCC6)C(C)(C)C5CC[C@]43C)C12. The van der Waals surface area contributed by atoms with Gasteiger partial charge in [-0.1, -0.05) is 58.9 Å². The molecule has 5 fully saturated rings. The lowest BCUT2D eigenvalue weighted by atomic mass is 9.32. The zero-order valence-corrected chi connectivity index (χ0v) is 34.8. The average Bonchev–Trinajstić information content (AvgIpc) is 3.53. The van der Waals surface area contributed by atoms with Gasteiger partial charge in [0.25, 0.3) is 0 Å². The van der Waals surface area contributed by atoms with E-state index in [2.05, 4.69) is 88.0 Å². The van der Waals surface area contributed by atoms with Crippen molar-refractivity contribution in [3.05, 3.63) is 54.9 Å². The highest BCUT2D eigenvalue weighted by atomic mass is 16.5. The Hall–Kier alpha value is -2.76. The largest absolute Gasteiger partial charge is 0.465 e. The second kappa shape index (κ2) is 15.3. The van der Waals surface area contributed by atoms with Crippen molar-refractivity contribution in [2.75, 3.05) is 19.7 Å². The van der Waals surface area contributed by atoms with Crippen molar-refractivity contribution in [3.8, 4) is 0 Å². The molecule has 1 aliphatic heterocycles. The van der Waals surface area contributed by atoms with Gasteiger partial charge in [-0.2, -0.15) is 0 Å². The van der Waals surface area contributed by atoms with Gasteiger partial charge in [-0.25, -0.2) is 9.14 Å². The molecule has 0 spiro atoms. The molecule has 0 saturated heterocycles. The molecule has 7 rings (SSSR count). The lowest BCUT2D eigenvalue weighted by molar-refractivity contribution is -0.697. The van der Waals surface area contributed by atoms with Crippen LogP contribution in [0, 0.1) is 56.7 Å². The fraction of sp³-hybridized carbons (Fsp3) is 0.750. The van der Waals surface area contributed by atoms with E-state index in [9.17, 15) is 9.59 Å². The summed E-state index contributed by atoms with van der Waals surface area (Å²) in [5.41, 5.74) is 2.07. The van der Waals surface area contributed by atoms with Gasteiger partial charge >= 0.3 is 11.9 Å². The molecule has 1 aromatic rings. The number of carbonyl (C=O) groups excluding carboxylic acids is 2. The maximum Gasteiger partial charge on any atom is 0.306 e. The molecule has 5 aliphatic carbocycles. The van der Waals surface area contributed by atoms with Gasteiger partial charge in [-0.05, 0) is 123 Å². The third-order valence-corrected chi connectivity index (χ3v) is 17.4. The van der Waals surface area contributed by atoms with Crippen LogP contribution in [0.4, 0.5) is 0 Å². The quantitative estimate of drug-likeness (QED) is 0.122. The van der Waals surface area contributed by atoms with E-state index in [1.54, 1.807) is 0 Å². The van der Waals surface area contributed by atoms with E-state index in [1.165, 1.54) is 44.1 Å². The van der Waals surface area contributed by atoms with Crippen molar-refractivity contribution in [3.63, 3.8) is 0 Å². The zero-order chi connectivity index (χ0) is 38.4. The second-order valence-electron chi connectivity index (χ2n) is 20.3. The van der Waals surface area contributed by atoms with Crippen LogP contribution in [0.1, 0.15) is 138 Å². The Morgan fingerprint density at radius 2 is 1.56 bits per heavy atom. The van der Waals surface area contributed by atoms with Gasteiger partial charge in [0.05, 0.1) is 19.4 Å². The average molecular weight is 741 g/mol. The van der Waals surface area contributed by atoms with Gasteiger partial charge in [-0.3, -0.25) is 9.59 Å². The highest BCUT2D eigenvalue weighted by Gasteiger charge is 2.71. The zero-order valence-electron chi connectivity index (χ0n) is 34.8. The second-order valence-corrected chi connectivity index (χ2v) is 20.3. The van der Waals surface area contributed by atoms with Crippen LogP contribution in [0.5, 0.6) is 0 Å². The molecule has 1 aromatic heterocycles. The lowest BCUT2D eigenvalue weighted by Gasteiger charge is -2.73. The van der Waals surface area contributed by atoms with E-state index in [4.69, 9.17) is 9.47 Å². The number of esters is 2. The summed E-state index contributed by atoms with van der Waals surface area (Å²) in [6.45, 7) is 23.1. The van der Waals surface area contributed by atoms with Crippen molar-refractivity contribution >= 4 is 18.2 Å². The molecule has 54 heavy (non-hydrogen) atoms. The summed E-state index contributed by atoms with van der Waals surface area (Å²) >= 11 is 0. The molecular weight excluding hydrogens is 669 g/mol. The van der Waals surface area contributed by atoms with E-state index in [0.717, 1.165) is 64.6 Å². The van der Waals surface area contributed by atoms with Crippen LogP contribution in [-0.2, 0) is 25.6 Å². The molecule has 10 atom stereocenters. The van der Waals surface area contributed by atoms with Crippen LogP contribution in [-0.4, -0.2) is 48.5 Å². The first-order chi connectivity index (χ1) is 25.7. The Balaban J connectivity index is 1.03. The van der Waals surface area contributed by atoms with Crippen LogP contribution in [0.2, 0.25) is 0 Å². The van der Waals surface area contributed by atoms with Gasteiger partial charge in [0.15, 0.2) is 18.6 Å². The number of hydrogen-bond donors (Lipinski definition) is 0. The van der Waals surface area contributed by atoms with E-state index in [0.29, 0.717) is 49.0 Å². The maximum absolute atomic E-state index is 13.2. The molecule has 0 bridgehead atoms. The van der Waals surface area contributed by atoms with Crippen LogP contribution in [0.3, 0.4) is 0 Å². The van der Waals surface area contributed by atoms with Gasteiger partial charge in [0.2, 0.25) is 0 Å². The van der Waals surface area contributed by atoms with Crippen LogP contribution in [0.15, 0.2) is 54.9 Å². The first-order valence-electron chi connectivity index (χ1n) is 21.9. The Morgan fingerprint density at radius 3 is 2.30 bits per heavy atom. The summed E-state index contributed by atoms with van der Waals surface area (Å²) in [7, 11) is 0. The van der Waals surface area contributed by atoms with Crippen molar-refractivity contribution in [1.29, 1.82) is 0 Å². The van der Waals surface area contributed by atoms with Crippen LogP contribution < -0.4 is 4.57 Å². The molecule has 6 aliphatic rings. The summed E-state index contributed by atoms with van der Waals surface area (Å²) in [6, 6.07) is 6.10. The highest BCUT2D eigenvalue weighted by Crippen LogP contribution is 2.77. The standard InChI is InChI=1S/C48H72N2O4/c1-35(2)36-20-25-48(34-53-41(51)16-14-32-49-28-10-8-11-29-49)27-26-46(6)37(43(36)48)18-19-39-45(5)23-22-40(44(3,4)38(45)21-24-47(39,46)7)54-42(52)17-15-33-50-30-12-9-13-31-50/h8-12,28-30,36-40,43H,1,13-27,31-34H2,2-7H3/q+2/t36-,37?,38?,39?,40?,43?,45-,46+,47+,48+/m0/s1. The van der Waals surface area contributed by atoms with Crippen molar-refractivity contribution in [2.45, 2.75) is 151 Å². The number of aromatic nitrogens is 1. The minimum absolute atomic E-state index is 0.00578. The summed E-state index contributed by atoms with van der Waals surface area (Å²) in [4.78, 5) is 26.4. The predicted octanol–water partition coefficient (Wildman–Crippen LogP) is 9.69. The van der Waals surface area contributed by atoms with Gasteiger partial charge in [0.1, 0.15) is 25.7 Å². The molecular formula is C48H72N2O4+2. The maximum atomic E-state index is 13.2. The monoisotopic (exact) mass is 741 g/mol. The van der Waals surface area contributed by atoms with Crippen molar-refractivity contribution < 1.29 is 28.2 Å². The lowest BCUT2D eigenvalue weighted by Crippen LogP contribution is -2.67. The number of hydrogen-bond acceptors (Lipinski definition) is 4. The van der Waals surface area contributed by atoms with E-state index in [-0.39, 0.29) is 45.1 Å². The first-order valence-corrected chi connectivity index (χ1v) is 21.9. The number of rotatable bonds is 12. The van der Waals surface area contributed by atoms with Crippen LogP contribution in [0.25, 0.3) is 0 Å². The Bertz CT molecular complexity index is 1610. The fourth-order valence-corrected chi connectivity index (χ4v) is 14.4. The molecule has 6 nitrogen and oxygen atoms in total. The fourth-order valence-electron chi connectivity index (χ4n) is 14.4. The van der Waals surface area contributed by atoms with Crippen molar-refractivity contribution in [2.24, 2.45) is 56.7 Å². The minimum atomic E-state index is -0.0466. The van der Waals surface area contributed by atoms with Gasteiger partial charge < -0.3 is 9.47 Å². The number of allylic oxidation sites excluding steroid dienone is 2. The molecule has 0 N–H and O–H groups in total. The van der Waals surface area contributed by atoms with Crippen LogP contribution >= 0.6 is 0 Å². The summed E-state index contributed by atoms with van der Waals surface area (Å²) in [6.07, 6.45) is 26.1.